The minimum atomic E-state index is -2.27. The molecule has 43 heavy (non-hydrogen) atoms. The van der Waals surface area contributed by atoms with Gasteiger partial charge in [0.25, 0.3) is 5.91 Å². The quantitative estimate of drug-likeness (QED) is 0.246. The van der Waals surface area contributed by atoms with E-state index in [0.717, 1.165) is 5.56 Å². The van der Waals surface area contributed by atoms with Crippen LogP contribution in [-0.4, -0.2) is 49.5 Å². The van der Waals surface area contributed by atoms with E-state index in [2.05, 4.69) is 10.1 Å². The molecule has 1 unspecified atom stereocenters. The fraction of sp³-hybridized carbons (Fsp3) is 0.290. The van der Waals surface area contributed by atoms with Gasteiger partial charge in [-0.3, -0.25) is 19.3 Å². The van der Waals surface area contributed by atoms with Gasteiger partial charge in [-0.25, -0.2) is 0 Å². The number of halogens is 3. The highest BCUT2D eigenvalue weighted by atomic mass is 35.5. The number of aliphatic hydroxyl groups is 1. The molecule has 2 aliphatic rings. The maximum absolute atomic E-state index is 16.5. The Kier molecular flexibility index (Phi) is 7.50. The maximum atomic E-state index is 16.5. The number of rotatable bonds is 10. The number of primary amides is 1. The van der Waals surface area contributed by atoms with E-state index in [4.69, 9.17) is 33.7 Å². The number of nitrogens with zero attached hydrogens (tertiary/aromatic N) is 4. The molecule has 9 nitrogen and oxygen atoms in total. The van der Waals surface area contributed by atoms with Crippen LogP contribution in [0.25, 0.3) is 11.1 Å². The highest BCUT2D eigenvalue weighted by molar-refractivity contribution is 6.30. The SMILES string of the molecule is Cn1ccc(CC(O)[C@]2(OCC3(C(N)=O)CC3)c3ccc(-c4ccc(Cl)cc4)c(Cc4ccc(Cl)cn4)c3C(=O)N2F)n1. The molecule has 6 rings (SSSR count). The molecule has 2 aromatic carbocycles. The smallest absolute Gasteiger partial charge is 0.285 e. The van der Waals surface area contributed by atoms with E-state index in [0.29, 0.717) is 45.4 Å². The van der Waals surface area contributed by atoms with Crippen LogP contribution in [0.15, 0.2) is 67.0 Å². The summed E-state index contributed by atoms with van der Waals surface area (Å²) in [5.41, 5.74) is 5.47. The summed E-state index contributed by atoms with van der Waals surface area (Å²) in [6.45, 7) is -0.276. The fourth-order valence-corrected chi connectivity index (χ4v) is 5.87. The van der Waals surface area contributed by atoms with Crippen molar-refractivity contribution >= 4 is 35.0 Å². The first kappa shape index (κ1) is 29.3. The number of fused-ring (bicyclic) bond motifs is 1. The molecule has 4 aromatic rings. The van der Waals surface area contributed by atoms with Crippen molar-refractivity contribution in [2.45, 2.75) is 37.5 Å². The predicted molar refractivity (Wildman–Crippen MR) is 158 cm³/mol. The second-order valence-corrected chi connectivity index (χ2v) is 12.0. The highest BCUT2D eigenvalue weighted by Gasteiger charge is 2.60. The molecular weight excluding hydrogens is 596 g/mol. The van der Waals surface area contributed by atoms with Crippen LogP contribution in [0.4, 0.5) is 4.48 Å². The van der Waals surface area contributed by atoms with E-state index in [1.165, 1.54) is 6.20 Å². The van der Waals surface area contributed by atoms with Gasteiger partial charge in [-0.05, 0) is 59.9 Å². The number of amides is 2. The molecule has 222 valence electrons. The van der Waals surface area contributed by atoms with E-state index < -0.39 is 29.1 Å². The molecule has 0 saturated heterocycles. The second kappa shape index (κ2) is 11.0. The Morgan fingerprint density at radius 3 is 2.42 bits per heavy atom. The van der Waals surface area contributed by atoms with Crippen LogP contribution >= 0.6 is 23.2 Å². The number of carbonyl (C=O) groups is 2. The second-order valence-electron chi connectivity index (χ2n) is 11.1. The molecule has 3 N–H and O–H groups in total. The van der Waals surface area contributed by atoms with Gasteiger partial charge in [0.05, 0.1) is 28.3 Å². The number of benzene rings is 2. The topological polar surface area (TPSA) is 124 Å². The van der Waals surface area contributed by atoms with Gasteiger partial charge in [0.15, 0.2) is 0 Å². The largest absolute Gasteiger partial charge is 0.387 e. The molecule has 2 amide bonds. The lowest BCUT2D eigenvalue weighted by molar-refractivity contribution is -0.258. The van der Waals surface area contributed by atoms with E-state index in [1.807, 2.05) is 0 Å². The molecule has 1 saturated carbocycles. The number of aliphatic hydroxyl groups excluding tert-OH is 1. The van der Waals surface area contributed by atoms with Crippen molar-refractivity contribution in [3.8, 4) is 11.1 Å². The van der Waals surface area contributed by atoms with Gasteiger partial charge in [-0.1, -0.05) is 51.9 Å². The summed E-state index contributed by atoms with van der Waals surface area (Å²) in [6.07, 6.45) is 2.53. The van der Waals surface area contributed by atoms with Gasteiger partial charge >= 0.3 is 0 Å². The van der Waals surface area contributed by atoms with Crippen molar-refractivity contribution < 1.29 is 23.9 Å². The molecule has 1 aliphatic heterocycles. The van der Waals surface area contributed by atoms with Gasteiger partial charge in [-0.2, -0.15) is 5.10 Å². The van der Waals surface area contributed by atoms with Crippen molar-refractivity contribution in [2.24, 2.45) is 18.2 Å². The lowest BCUT2D eigenvalue weighted by Crippen LogP contribution is -2.52. The zero-order valence-electron chi connectivity index (χ0n) is 23.1. The lowest BCUT2D eigenvalue weighted by atomic mass is 9.86. The van der Waals surface area contributed by atoms with Crippen LogP contribution in [-0.2, 0) is 35.1 Å². The van der Waals surface area contributed by atoms with Crippen LogP contribution < -0.4 is 5.73 Å². The number of hydrogen-bond acceptors (Lipinski definition) is 6. The molecule has 2 aromatic heterocycles. The number of pyridine rings is 1. The van der Waals surface area contributed by atoms with E-state index >= 15 is 4.48 Å². The summed E-state index contributed by atoms with van der Waals surface area (Å²) in [6, 6.07) is 15.5. The third-order valence-corrected chi connectivity index (χ3v) is 8.73. The van der Waals surface area contributed by atoms with Crippen molar-refractivity contribution in [1.82, 2.24) is 19.9 Å². The number of hydrogen-bond donors (Lipinski definition) is 2. The monoisotopic (exact) mass is 623 g/mol. The molecule has 0 bridgehead atoms. The zero-order chi connectivity index (χ0) is 30.5. The first-order valence-electron chi connectivity index (χ1n) is 13.7. The van der Waals surface area contributed by atoms with E-state index in [9.17, 15) is 14.7 Å². The lowest BCUT2D eigenvalue weighted by Gasteiger charge is -2.38. The van der Waals surface area contributed by atoms with Crippen molar-refractivity contribution in [3.63, 3.8) is 0 Å². The van der Waals surface area contributed by atoms with Crippen LogP contribution in [0.3, 0.4) is 0 Å². The Bertz CT molecular complexity index is 1710. The summed E-state index contributed by atoms with van der Waals surface area (Å²) >= 11 is 12.2. The van der Waals surface area contributed by atoms with Crippen molar-refractivity contribution in [1.29, 1.82) is 0 Å². The third-order valence-electron chi connectivity index (χ3n) is 8.25. The summed E-state index contributed by atoms with van der Waals surface area (Å²) in [5.74, 6) is -1.57. The summed E-state index contributed by atoms with van der Waals surface area (Å²) in [4.78, 5) is 30.6. The molecule has 3 heterocycles. The molecule has 0 spiro atoms. The third kappa shape index (κ3) is 5.18. The maximum Gasteiger partial charge on any atom is 0.285 e. The molecular formula is C31H28Cl2FN5O4. The van der Waals surface area contributed by atoms with E-state index in [-0.39, 0.29) is 35.7 Å². The summed E-state index contributed by atoms with van der Waals surface area (Å²) in [5, 5.41) is 16.9. The Balaban J connectivity index is 1.53. The van der Waals surface area contributed by atoms with Gasteiger partial charge < -0.3 is 15.6 Å². The molecule has 12 heteroatoms. The molecule has 2 atom stereocenters. The van der Waals surface area contributed by atoms with Crippen molar-refractivity contribution in [3.05, 3.63) is 105 Å². The highest BCUT2D eigenvalue weighted by Crippen LogP contribution is 2.51. The normalized spacial score (nSPS) is 19.4. The molecule has 0 radical (unpaired) electrons. The molecule has 1 aliphatic carbocycles. The van der Waals surface area contributed by atoms with Gasteiger partial charge in [0.2, 0.25) is 11.6 Å². The number of nitrogens with two attached hydrogens (primary N) is 1. The Morgan fingerprint density at radius 1 is 1.09 bits per heavy atom. The van der Waals surface area contributed by atoms with Crippen molar-refractivity contribution in [2.75, 3.05) is 6.61 Å². The average Bonchev–Trinajstić information content (AvgIpc) is 3.63. The standard InChI is InChI=1S/C31H28Cl2FN5O4/c1-38-13-10-22(37-38)15-26(40)31(43-17-30(11-12-30)29(35)42)25-9-8-23(18-2-4-19(32)5-3-18)24(27(25)28(41)39(31)34)14-21-7-6-20(33)16-36-21/h2-10,13,16,26,40H,11-12,14-15,17H2,1H3,(H2,35,42)/t26?,31-/m1/s1. The predicted octanol–water partition coefficient (Wildman–Crippen LogP) is 4.76. The molecule has 1 fully saturated rings. The zero-order valence-corrected chi connectivity index (χ0v) is 24.6. The first-order chi connectivity index (χ1) is 20.5. The van der Waals surface area contributed by atoms with E-state index in [1.54, 1.807) is 72.5 Å². The summed E-state index contributed by atoms with van der Waals surface area (Å²) in [7, 11) is 1.72. The Morgan fingerprint density at radius 2 is 1.81 bits per heavy atom. The first-order valence-corrected chi connectivity index (χ1v) is 14.4. The average molecular weight is 624 g/mol. The fourth-order valence-electron chi connectivity index (χ4n) is 5.63. The summed E-state index contributed by atoms with van der Waals surface area (Å²) < 4.78 is 24.3. The Labute approximate surface area is 256 Å². The van der Waals surface area contributed by atoms with Gasteiger partial charge in [-0.15, -0.1) is 5.12 Å². The van der Waals surface area contributed by atoms with Crippen LogP contribution in [0.5, 0.6) is 0 Å². The minimum absolute atomic E-state index is 0.0377. The number of aromatic nitrogens is 3. The number of aryl methyl sites for hydroxylation is 1. The number of carbonyl (C=O) groups excluding carboxylic acids is 2. The van der Waals surface area contributed by atoms with Crippen LogP contribution in [0.1, 0.15) is 45.7 Å². The van der Waals surface area contributed by atoms with Crippen LogP contribution in [0, 0.1) is 5.41 Å². The van der Waals surface area contributed by atoms with Gasteiger partial charge in [0.1, 0.15) is 6.10 Å². The minimum Gasteiger partial charge on any atom is -0.387 e. The Hall–Kier alpha value is -3.83. The van der Waals surface area contributed by atoms with Crippen LogP contribution in [0.2, 0.25) is 10.0 Å². The number of ether oxygens (including phenoxy) is 1. The van der Waals surface area contributed by atoms with Gasteiger partial charge in [0, 0.05) is 48.6 Å².